The van der Waals surface area contributed by atoms with Crippen molar-refractivity contribution in [1.29, 1.82) is 0 Å². The lowest BCUT2D eigenvalue weighted by molar-refractivity contribution is 0.199. The molecule has 0 heterocycles. The lowest BCUT2D eigenvalue weighted by atomic mass is 9.99. The summed E-state index contributed by atoms with van der Waals surface area (Å²) in [6.45, 7) is 0. The van der Waals surface area contributed by atoms with Crippen molar-refractivity contribution in [2.75, 3.05) is 0 Å². The van der Waals surface area contributed by atoms with Crippen LogP contribution < -0.4 is 0 Å². The van der Waals surface area contributed by atoms with Crippen molar-refractivity contribution >= 4 is 0 Å². The van der Waals surface area contributed by atoms with Gasteiger partial charge in [0.2, 0.25) is 0 Å². The van der Waals surface area contributed by atoms with Crippen LogP contribution in [0.4, 0.5) is 8.78 Å². The largest absolute Gasteiger partial charge is 0.247 e. The van der Waals surface area contributed by atoms with Gasteiger partial charge in [0.05, 0.1) is 0 Å². The maximum absolute atomic E-state index is 12.8. The van der Waals surface area contributed by atoms with Gasteiger partial charge in [0, 0.05) is 5.92 Å². The van der Waals surface area contributed by atoms with Gasteiger partial charge in [-0.15, -0.1) is 0 Å². The fraction of sp³-hybridized carbons (Fsp3) is 1.00. The first-order valence-electron chi connectivity index (χ1n) is 3.57. The fourth-order valence-corrected chi connectivity index (χ4v) is 2.17. The molecule has 0 saturated heterocycles. The van der Waals surface area contributed by atoms with Crippen molar-refractivity contribution in [3.63, 3.8) is 0 Å². The summed E-state index contributed by atoms with van der Waals surface area (Å²) in [6.07, 6.45) is 0.573. The Bertz CT molecular complexity index is 124. The van der Waals surface area contributed by atoms with Gasteiger partial charge >= 0.3 is 0 Å². The Labute approximate surface area is 53.2 Å². The van der Waals surface area contributed by atoms with Crippen molar-refractivity contribution in [2.45, 2.75) is 31.6 Å². The van der Waals surface area contributed by atoms with Crippen LogP contribution >= 0.6 is 0 Å². The van der Waals surface area contributed by atoms with Crippen LogP contribution in [0.15, 0.2) is 0 Å². The third kappa shape index (κ3) is 0.620. The molecule has 0 nitrogen and oxygen atoms in total. The van der Waals surface area contributed by atoms with Crippen molar-refractivity contribution in [2.24, 2.45) is 11.8 Å². The summed E-state index contributed by atoms with van der Waals surface area (Å²) in [7, 11) is 0. The number of rotatable bonds is 0. The van der Waals surface area contributed by atoms with Crippen LogP contribution in [0, 0.1) is 11.8 Å². The standard InChI is InChI=1S/C7H10F2/c8-6-3-4-1-2-5(6)7(4)9/h4-7H,1-3H2/t4-,5+,6-,7-/m0/s1. The summed E-state index contributed by atoms with van der Waals surface area (Å²) in [4.78, 5) is 0. The highest BCUT2D eigenvalue weighted by Crippen LogP contribution is 2.47. The van der Waals surface area contributed by atoms with E-state index in [-0.39, 0.29) is 11.8 Å². The van der Waals surface area contributed by atoms with E-state index in [0.717, 1.165) is 12.8 Å². The normalized spacial score (nSPS) is 56.7. The molecule has 0 unspecified atom stereocenters. The molecular formula is C7H10F2. The molecule has 0 N–H and O–H groups in total. The minimum absolute atomic E-state index is 0.0741. The van der Waals surface area contributed by atoms with Crippen LogP contribution in [0.5, 0.6) is 0 Å². The second kappa shape index (κ2) is 1.68. The van der Waals surface area contributed by atoms with Crippen LogP contribution in [0.2, 0.25) is 0 Å². The Balaban J connectivity index is 2.16. The number of alkyl halides is 2. The molecule has 2 rings (SSSR count). The van der Waals surface area contributed by atoms with Gasteiger partial charge in [0.25, 0.3) is 0 Å². The maximum atomic E-state index is 12.8. The van der Waals surface area contributed by atoms with Crippen molar-refractivity contribution in [1.82, 2.24) is 0 Å². The summed E-state index contributed by atoms with van der Waals surface area (Å²) in [6, 6.07) is 0. The molecule has 2 fully saturated rings. The summed E-state index contributed by atoms with van der Waals surface area (Å²) in [5.74, 6) is -0.153. The van der Waals surface area contributed by atoms with Gasteiger partial charge in [0.1, 0.15) is 12.3 Å². The van der Waals surface area contributed by atoms with Gasteiger partial charge < -0.3 is 0 Å². The number of fused-ring (bicyclic) bond motifs is 2. The predicted molar refractivity (Wildman–Crippen MR) is 30.6 cm³/mol. The van der Waals surface area contributed by atoms with Gasteiger partial charge in [0.15, 0.2) is 0 Å². The lowest BCUT2D eigenvalue weighted by Gasteiger charge is -2.11. The van der Waals surface area contributed by atoms with E-state index in [1.165, 1.54) is 0 Å². The highest BCUT2D eigenvalue weighted by atomic mass is 19.1. The van der Waals surface area contributed by atoms with Crippen LogP contribution in [0.3, 0.4) is 0 Å². The van der Waals surface area contributed by atoms with Crippen molar-refractivity contribution in [3.05, 3.63) is 0 Å². The van der Waals surface area contributed by atoms with E-state index in [1.54, 1.807) is 0 Å². The molecule has 0 aromatic heterocycles. The zero-order valence-electron chi connectivity index (χ0n) is 5.19. The minimum atomic E-state index is -0.821. The molecule has 2 aliphatic rings. The van der Waals surface area contributed by atoms with Crippen molar-refractivity contribution in [3.8, 4) is 0 Å². The van der Waals surface area contributed by atoms with Gasteiger partial charge in [-0.25, -0.2) is 8.78 Å². The van der Waals surface area contributed by atoms with E-state index in [1.807, 2.05) is 0 Å². The van der Waals surface area contributed by atoms with E-state index < -0.39 is 12.3 Å². The summed E-state index contributed by atoms with van der Waals surface area (Å²) in [5.41, 5.74) is 0. The molecule has 9 heavy (non-hydrogen) atoms. The summed E-state index contributed by atoms with van der Waals surface area (Å²) in [5, 5.41) is 0. The lowest BCUT2D eigenvalue weighted by Crippen LogP contribution is -2.12. The molecule has 2 bridgehead atoms. The van der Waals surface area contributed by atoms with Crippen LogP contribution in [-0.4, -0.2) is 12.3 Å². The van der Waals surface area contributed by atoms with Gasteiger partial charge in [-0.1, -0.05) is 0 Å². The third-order valence-corrected chi connectivity index (χ3v) is 2.72. The maximum Gasteiger partial charge on any atom is 0.109 e. The smallest absolute Gasteiger partial charge is 0.109 e. The summed E-state index contributed by atoms with van der Waals surface area (Å²) < 4.78 is 25.4. The van der Waals surface area contributed by atoms with E-state index >= 15 is 0 Å². The molecule has 2 heteroatoms. The fourth-order valence-electron chi connectivity index (χ4n) is 2.17. The molecule has 52 valence electrons. The number of halogens is 2. The second-order valence-electron chi connectivity index (χ2n) is 3.20. The average molecular weight is 132 g/mol. The zero-order chi connectivity index (χ0) is 6.43. The molecule has 0 amide bonds. The van der Waals surface area contributed by atoms with Crippen LogP contribution in [0.25, 0.3) is 0 Å². The SMILES string of the molecule is F[C@H]1[C@H]2CC[C@@H]1[C@@H](F)C2. The Morgan fingerprint density at radius 1 is 1.11 bits per heavy atom. The molecule has 0 aromatic carbocycles. The Hall–Kier alpha value is -0.140. The zero-order valence-corrected chi connectivity index (χ0v) is 5.19. The third-order valence-electron chi connectivity index (χ3n) is 2.72. The molecule has 0 spiro atoms. The molecule has 2 aliphatic carbocycles. The van der Waals surface area contributed by atoms with E-state index in [0.29, 0.717) is 6.42 Å². The molecule has 0 radical (unpaired) electrons. The Kier molecular flexibility index (Phi) is 1.05. The first-order valence-corrected chi connectivity index (χ1v) is 3.57. The van der Waals surface area contributed by atoms with Crippen LogP contribution in [0.1, 0.15) is 19.3 Å². The first-order chi connectivity index (χ1) is 4.29. The average Bonchev–Trinajstić information content (AvgIpc) is 2.25. The first kappa shape index (κ1) is 5.63. The van der Waals surface area contributed by atoms with Crippen LogP contribution in [-0.2, 0) is 0 Å². The second-order valence-corrected chi connectivity index (χ2v) is 3.20. The number of hydrogen-bond donors (Lipinski definition) is 0. The van der Waals surface area contributed by atoms with Gasteiger partial charge in [-0.2, -0.15) is 0 Å². The topological polar surface area (TPSA) is 0 Å². The summed E-state index contributed by atoms with van der Waals surface area (Å²) >= 11 is 0. The van der Waals surface area contributed by atoms with E-state index in [2.05, 4.69) is 0 Å². The highest BCUT2D eigenvalue weighted by Gasteiger charge is 2.48. The molecule has 0 aromatic rings. The Morgan fingerprint density at radius 2 is 1.89 bits per heavy atom. The molecule has 4 atom stereocenters. The predicted octanol–water partition coefficient (Wildman–Crippen LogP) is 2.09. The monoisotopic (exact) mass is 132 g/mol. The van der Waals surface area contributed by atoms with Gasteiger partial charge in [-0.05, 0) is 25.2 Å². The van der Waals surface area contributed by atoms with Crippen molar-refractivity contribution < 1.29 is 8.78 Å². The van der Waals surface area contributed by atoms with E-state index in [4.69, 9.17) is 0 Å². The molecule has 2 saturated carbocycles. The number of hydrogen-bond acceptors (Lipinski definition) is 0. The van der Waals surface area contributed by atoms with Gasteiger partial charge in [-0.3, -0.25) is 0 Å². The highest BCUT2D eigenvalue weighted by molar-refractivity contribution is 4.97. The van der Waals surface area contributed by atoms with E-state index in [9.17, 15) is 8.78 Å². The minimum Gasteiger partial charge on any atom is -0.247 e. The molecule has 0 aliphatic heterocycles. The molecular weight excluding hydrogens is 122 g/mol. The quantitative estimate of drug-likeness (QED) is 0.473. The Morgan fingerprint density at radius 3 is 2.11 bits per heavy atom.